The van der Waals surface area contributed by atoms with Crippen LogP contribution in [-0.4, -0.2) is 27.9 Å². The Labute approximate surface area is 212 Å². The molecule has 0 heterocycles. The maximum absolute atomic E-state index is 13.7. The number of aryl methyl sites for hydroxylation is 1. The number of benzene rings is 3. The summed E-state index contributed by atoms with van der Waals surface area (Å²) >= 11 is 14.6. The van der Waals surface area contributed by atoms with Crippen molar-refractivity contribution in [3.63, 3.8) is 0 Å². The summed E-state index contributed by atoms with van der Waals surface area (Å²) in [5, 5.41) is 9.71. The second-order valence-corrected chi connectivity index (χ2v) is 12.0. The molecule has 0 spiro atoms. The summed E-state index contributed by atoms with van der Waals surface area (Å²) in [6.07, 6.45) is 0. The number of rotatable bonds is 7. The van der Waals surface area contributed by atoms with Gasteiger partial charge in [-0.15, -0.1) is 0 Å². The normalized spacial score (nSPS) is 11.8. The first-order valence-corrected chi connectivity index (χ1v) is 13.6. The molecule has 0 amide bonds. The van der Waals surface area contributed by atoms with Crippen LogP contribution in [-0.2, 0) is 20.0 Å². The van der Waals surface area contributed by atoms with Gasteiger partial charge in [0.25, 0.3) is 20.0 Å². The molecule has 0 saturated carbocycles. The summed E-state index contributed by atoms with van der Waals surface area (Å²) in [7, 11) is -8.68. The zero-order valence-electron chi connectivity index (χ0n) is 16.9. The average Bonchev–Trinajstić information content (AvgIpc) is 2.70. The molecule has 0 saturated heterocycles. The molecule has 0 aliphatic carbocycles. The van der Waals surface area contributed by atoms with Crippen molar-refractivity contribution >= 4 is 76.5 Å². The highest BCUT2D eigenvalue weighted by Crippen LogP contribution is 2.29. The molecule has 3 aromatic rings. The lowest BCUT2D eigenvalue weighted by molar-refractivity contribution is 0.0692. The SMILES string of the molecule is Cc1cc(F)c(Br)cc1NS(=O)(=O)c1ccc(NS(=O)(=O)c2cc(Cl)cc(Cl)c2)cc1C(=O)O. The van der Waals surface area contributed by atoms with E-state index in [1.54, 1.807) is 0 Å². The summed E-state index contributed by atoms with van der Waals surface area (Å²) in [6.45, 7) is 1.46. The fourth-order valence-corrected chi connectivity index (χ4v) is 6.27. The van der Waals surface area contributed by atoms with Crippen LogP contribution in [0.4, 0.5) is 15.8 Å². The van der Waals surface area contributed by atoms with E-state index in [9.17, 15) is 31.1 Å². The number of carbonyl (C=O) groups is 1. The van der Waals surface area contributed by atoms with Crippen molar-refractivity contribution in [1.82, 2.24) is 0 Å². The number of carboxylic acids is 1. The van der Waals surface area contributed by atoms with Gasteiger partial charge in [-0.2, -0.15) is 0 Å². The summed E-state index contributed by atoms with van der Waals surface area (Å²) < 4.78 is 69.2. The van der Waals surface area contributed by atoms with Crippen LogP contribution >= 0.6 is 39.1 Å². The van der Waals surface area contributed by atoms with Gasteiger partial charge in [0.15, 0.2) is 0 Å². The van der Waals surface area contributed by atoms with E-state index < -0.39 is 42.3 Å². The van der Waals surface area contributed by atoms with E-state index >= 15 is 0 Å². The minimum atomic E-state index is -4.45. The van der Waals surface area contributed by atoms with Gasteiger partial charge < -0.3 is 5.11 Å². The highest BCUT2D eigenvalue weighted by atomic mass is 79.9. The van der Waals surface area contributed by atoms with Crippen molar-refractivity contribution in [1.29, 1.82) is 0 Å². The molecule has 0 aliphatic heterocycles. The topological polar surface area (TPSA) is 130 Å². The van der Waals surface area contributed by atoms with Crippen LogP contribution in [0.5, 0.6) is 0 Å². The van der Waals surface area contributed by atoms with E-state index in [-0.39, 0.29) is 36.4 Å². The van der Waals surface area contributed by atoms with Gasteiger partial charge in [-0.3, -0.25) is 9.44 Å². The molecular weight excluding hydrogens is 598 g/mol. The quantitative estimate of drug-likeness (QED) is 0.323. The van der Waals surface area contributed by atoms with Crippen molar-refractivity contribution in [2.75, 3.05) is 9.44 Å². The zero-order valence-corrected chi connectivity index (χ0v) is 21.7. The monoisotopic (exact) mass is 610 g/mol. The fourth-order valence-electron chi connectivity index (χ4n) is 2.85. The van der Waals surface area contributed by atoms with Crippen LogP contribution in [0.1, 0.15) is 15.9 Å². The number of anilines is 2. The number of carboxylic acid groups (broad SMARTS) is 1. The van der Waals surface area contributed by atoms with Gasteiger partial charge in [-0.25, -0.2) is 26.0 Å². The minimum absolute atomic E-state index is 0.000122. The highest BCUT2D eigenvalue weighted by molar-refractivity contribution is 9.10. The zero-order chi connectivity index (χ0) is 25.4. The Hall–Kier alpha value is -2.38. The van der Waals surface area contributed by atoms with Gasteiger partial charge in [-0.1, -0.05) is 23.2 Å². The van der Waals surface area contributed by atoms with Gasteiger partial charge in [0.2, 0.25) is 0 Å². The van der Waals surface area contributed by atoms with E-state index in [0.29, 0.717) is 0 Å². The third kappa shape index (κ3) is 5.81. The Morgan fingerprint density at radius 2 is 1.56 bits per heavy atom. The number of sulfonamides is 2. The Balaban J connectivity index is 2.00. The second kappa shape index (κ2) is 9.70. The molecule has 0 fully saturated rings. The van der Waals surface area contributed by atoms with Crippen molar-refractivity contribution in [3.8, 4) is 0 Å². The summed E-state index contributed by atoms with van der Waals surface area (Å²) in [6, 6.07) is 8.77. The van der Waals surface area contributed by atoms with Crippen LogP contribution in [0.25, 0.3) is 0 Å². The number of hydrogen-bond donors (Lipinski definition) is 3. The predicted molar refractivity (Wildman–Crippen MR) is 130 cm³/mol. The van der Waals surface area contributed by atoms with Crippen LogP contribution < -0.4 is 9.44 Å². The predicted octanol–water partition coefficient (Wildman–Crippen LogP) is 5.50. The molecule has 3 aromatic carbocycles. The maximum Gasteiger partial charge on any atom is 0.337 e. The maximum atomic E-state index is 13.7. The Morgan fingerprint density at radius 3 is 2.15 bits per heavy atom. The van der Waals surface area contributed by atoms with E-state index in [0.717, 1.165) is 36.4 Å². The number of aromatic carboxylic acids is 1. The Kier molecular flexibility index (Phi) is 7.48. The fraction of sp³-hybridized carbons (Fsp3) is 0.0500. The molecule has 0 unspecified atom stereocenters. The molecule has 0 atom stereocenters. The summed E-state index contributed by atoms with van der Waals surface area (Å²) in [5.74, 6) is -2.23. The van der Waals surface area contributed by atoms with Crippen molar-refractivity contribution < 1.29 is 31.1 Å². The van der Waals surface area contributed by atoms with Gasteiger partial charge >= 0.3 is 5.97 Å². The largest absolute Gasteiger partial charge is 0.478 e. The summed E-state index contributed by atoms with van der Waals surface area (Å²) in [4.78, 5) is 10.9. The lowest BCUT2D eigenvalue weighted by atomic mass is 10.2. The molecule has 8 nitrogen and oxygen atoms in total. The van der Waals surface area contributed by atoms with Crippen LogP contribution in [0.2, 0.25) is 10.0 Å². The molecule has 180 valence electrons. The molecule has 0 radical (unpaired) electrons. The van der Waals surface area contributed by atoms with E-state index in [1.165, 1.54) is 19.1 Å². The van der Waals surface area contributed by atoms with Gasteiger partial charge in [0, 0.05) is 15.7 Å². The first-order valence-electron chi connectivity index (χ1n) is 9.04. The van der Waals surface area contributed by atoms with Crippen molar-refractivity contribution in [2.24, 2.45) is 0 Å². The second-order valence-electron chi connectivity index (χ2n) is 6.91. The molecule has 3 N–H and O–H groups in total. The molecule has 14 heteroatoms. The molecule has 0 aliphatic rings. The highest BCUT2D eigenvalue weighted by Gasteiger charge is 2.25. The van der Waals surface area contributed by atoms with Gasteiger partial charge in [-0.05, 0) is 76.9 Å². The van der Waals surface area contributed by atoms with Gasteiger partial charge in [0.1, 0.15) is 10.7 Å². The number of halogens is 4. The van der Waals surface area contributed by atoms with E-state index in [4.69, 9.17) is 23.2 Å². The molecular formula is C20H14BrCl2FN2O6S2. The third-order valence-corrected chi connectivity index (χ3v) is 8.24. The molecule has 3 rings (SSSR count). The van der Waals surface area contributed by atoms with E-state index in [1.807, 2.05) is 0 Å². The standard InChI is InChI=1S/C20H14BrCl2FN2O6S2/c1-10-4-17(24)16(21)9-18(10)26-34(31,32)19-3-2-13(8-15(19)20(27)28)25-33(29,30)14-6-11(22)5-12(23)7-14/h2-9,25-26H,1H3,(H,27,28). The lowest BCUT2D eigenvalue weighted by Gasteiger charge is -2.15. The van der Waals surface area contributed by atoms with Crippen LogP contribution in [0.3, 0.4) is 0 Å². The first-order chi connectivity index (χ1) is 15.7. The average molecular weight is 612 g/mol. The number of nitrogens with one attached hydrogen (secondary N) is 2. The lowest BCUT2D eigenvalue weighted by Crippen LogP contribution is -2.19. The summed E-state index contributed by atoms with van der Waals surface area (Å²) in [5.41, 5.74) is -0.637. The Bertz CT molecular complexity index is 1510. The molecule has 34 heavy (non-hydrogen) atoms. The smallest absolute Gasteiger partial charge is 0.337 e. The number of hydrogen-bond acceptors (Lipinski definition) is 5. The minimum Gasteiger partial charge on any atom is -0.478 e. The first kappa shape index (κ1) is 26.2. The molecule has 0 aromatic heterocycles. The molecule has 0 bridgehead atoms. The van der Waals surface area contributed by atoms with Crippen LogP contribution in [0.15, 0.2) is 62.8 Å². The van der Waals surface area contributed by atoms with E-state index in [2.05, 4.69) is 25.4 Å². The van der Waals surface area contributed by atoms with Crippen molar-refractivity contribution in [3.05, 3.63) is 80.0 Å². The van der Waals surface area contributed by atoms with Crippen LogP contribution in [0, 0.1) is 12.7 Å². The Morgan fingerprint density at radius 1 is 0.941 bits per heavy atom. The third-order valence-electron chi connectivity index (χ3n) is 4.41. The van der Waals surface area contributed by atoms with Crippen molar-refractivity contribution in [2.45, 2.75) is 16.7 Å². The van der Waals surface area contributed by atoms with Gasteiger partial charge in [0.05, 0.1) is 20.6 Å².